The second-order valence-corrected chi connectivity index (χ2v) is 12.6. The lowest BCUT2D eigenvalue weighted by molar-refractivity contribution is -0.142. The first-order chi connectivity index (χ1) is 21.6. The van der Waals surface area contributed by atoms with Crippen LogP contribution in [0.4, 0.5) is 0 Å². The summed E-state index contributed by atoms with van der Waals surface area (Å²) in [5, 5.41) is 28.7. The number of amides is 2. The summed E-state index contributed by atoms with van der Waals surface area (Å²) in [7, 11) is 0. The van der Waals surface area contributed by atoms with E-state index in [0.29, 0.717) is 6.61 Å². The maximum absolute atomic E-state index is 12.3. The Morgan fingerprint density at radius 1 is 0.778 bits per heavy atom. The minimum absolute atomic E-state index is 0.0160. The van der Waals surface area contributed by atoms with E-state index in [1.165, 1.54) is 51.4 Å². The molecule has 0 fully saturated rings. The van der Waals surface area contributed by atoms with E-state index >= 15 is 0 Å². The zero-order chi connectivity index (χ0) is 33.2. The highest BCUT2D eigenvalue weighted by Crippen LogP contribution is 2.15. The number of nitrogens with zero attached hydrogens (tertiary/aromatic N) is 3. The summed E-state index contributed by atoms with van der Waals surface area (Å²) in [6, 6.07) is -1.09. The molecular formula is C32H58N6O7. The van der Waals surface area contributed by atoms with E-state index in [1.54, 1.807) is 0 Å². The zero-order valence-corrected chi connectivity index (χ0v) is 27.9. The third-order valence-electron chi connectivity index (χ3n) is 7.50. The van der Waals surface area contributed by atoms with E-state index in [0.717, 1.165) is 44.3 Å². The van der Waals surface area contributed by atoms with Gasteiger partial charge in [-0.3, -0.25) is 14.4 Å². The fourth-order valence-electron chi connectivity index (χ4n) is 4.55. The van der Waals surface area contributed by atoms with Crippen molar-refractivity contribution in [3.05, 3.63) is 5.82 Å². The van der Waals surface area contributed by atoms with Crippen LogP contribution >= 0.6 is 0 Å². The monoisotopic (exact) mass is 638 g/mol. The van der Waals surface area contributed by atoms with Crippen molar-refractivity contribution < 1.29 is 33.8 Å². The van der Waals surface area contributed by atoms with Crippen LogP contribution in [0.5, 0.6) is 0 Å². The van der Waals surface area contributed by atoms with Crippen molar-refractivity contribution in [3.8, 4) is 0 Å². The molecule has 0 aliphatic carbocycles. The number of carbonyl (C=O) groups is 4. The molecule has 0 aliphatic heterocycles. The first-order valence-corrected chi connectivity index (χ1v) is 16.8. The molecule has 1 rings (SSSR count). The van der Waals surface area contributed by atoms with E-state index in [1.807, 2.05) is 20.8 Å². The third kappa shape index (κ3) is 23.1. The molecule has 13 nitrogen and oxygen atoms in total. The number of tetrazole rings is 1. The maximum atomic E-state index is 12.3. The summed E-state index contributed by atoms with van der Waals surface area (Å²) in [6.07, 6.45) is 16.2. The maximum Gasteiger partial charge on any atom is 0.326 e. The van der Waals surface area contributed by atoms with E-state index in [-0.39, 0.29) is 63.2 Å². The van der Waals surface area contributed by atoms with Gasteiger partial charge in [0.2, 0.25) is 11.8 Å². The highest BCUT2D eigenvalue weighted by molar-refractivity contribution is 5.85. The Bertz CT molecular complexity index is 937. The molecule has 0 saturated carbocycles. The molecule has 45 heavy (non-hydrogen) atoms. The summed E-state index contributed by atoms with van der Waals surface area (Å²) < 4.78 is 10.7. The molecule has 0 spiro atoms. The molecule has 4 N–H and O–H groups in total. The highest BCUT2D eigenvalue weighted by Gasteiger charge is 2.21. The lowest BCUT2D eigenvalue weighted by atomic mass is 9.91. The number of carboxylic acids is 1. The topological polar surface area (TPSA) is 185 Å². The second-order valence-electron chi connectivity index (χ2n) is 12.6. The van der Waals surface area contributed by atoms with Crippen LogP contribution in [0, 0.1) is 5.41 Å². The average Bonchev–Trinajstić information content (AvgIpc) is 3.51. The number of ether oxygens (including phenoxy) is 2. The second kappa shape index (κ2) is 25.3. The first kappa shape index (κ1) is 40.1. The molecule has 1 unspecified atom stereocenters. The summed E-state index contributed by atoms with van der Waals surface area (Å²) >= 11 is 0. The van der Waals surface area contributed by atoms with Crippen LogP contribution in [0.15, 0.2) is 0 Å². The summed E-state index contributed by atoms with van der Waals surface area (Å²) in [6.45, 7) is 6.67. The molecule has 0 bridgehead atoms. The Morgan fingerprint density at radius 3 is 1.91 bits per heavy atom. The van der Waals surface area contributed by atoms with Crippen molar-refractivity contribution in [2.24, 2.45) is 5.41 Å². The predicted molar refractivity (Wildman–Crippen MR) is 170 cm³/mol. The van der Waals surface area contributed by atoms with E-state index in [9.17, 15) is 24.3 Å². The molecule has 1 aromatic rings. The number of aromatic amines is 1. The van der Waals surface area contributed by atoms with Crippen LogP contribution in [0.25, 0.3) is 0 Å². The van der Waals surface area contributed by atoms with Crippen LogP contribution in [-0.4, -0.2) is 88.3 Å². The fraction of sp³-hybridized carbons (Fsp3) is 0.844. The van der Waals surface area contributed by atoms with Gasteiger partial charge in [-0.25, -0.2) is 4.79 Å². The van der Waals surface area contributed by atoms with Gasteiger partial charge in [-0.1, -0.05) is 96.6 Å². The van der Waals surface area contributed by atoms with Crippen LogP contribution in [0.3, 0.4) is 0 Å². The summed E-state index contributed by atoms with van der Waals surface area (Å²) in [5.74, 6) is -0.933. The van der Waals surface area contributed by atoms with Gasteiger partial charge in [-0.05, 0) is 19.3 Å². The van der Waals surface area contributed by atoms with Gasteiger partial charge in [0.1, 0.15) is 12.6 Å². The van der Waals surface area contributed by atoms with Gasteiger partial charge in [0.15, 0.2) is 11.6 Å². The number of carbonyl (C=O) groups excluding carboxylic acids is 3. The van der Waals surface area contributed by atoms with Gasteiger partial charge in [0.25, 0.3) is 0 Å². The number of hydrogen-bond donors (Lipinski definition) is 4. The normalized spacial score (nSPS) is 12.2. The van der Waals surface area contributed by atoms with Gasteiger partial charge >= 0.3 is 5.97 Å². The van der Waals surface area contributed by atoms with Gasteiger partial charge in [0.05, 0.1) is 19.8 Å². The number of aliphatic carboxylic acids is 1. The van der Waals surface area contributed by atoms with E-state index < -0.39 is 17.4 Å². The lowest BCUT2D eigenvalue weighted by Gasteiger charge is -2.16. The minimum Gasteiger partial charge on any atom is -0.480 e. The molecule has 258 valence electrons. The van der Waals surface area contributed by atoms with Crippen LogP contribution in [0.1, 0.15) is 129 Å². The Morgan fingerprint density at radius 2 is 1.36 bits per heavy atom. The largest absolute Gasteiger partial charge is 0.480 e. The number of Topliss-reactive ketones (excluding diaryl/α,β-unsaturated/α-hetero) is 1. The first-order valence-electron chi connectivity index (χ1n) is 16.8. The van der Waals surface area contributed by atoms with Crippen LogP contribution in [0.2, 0.25) is 0 Å². The van der Waals surface area contributed by atoms with Crippen molar-refractivity contribution in [3.63, 3.8) is 0 Å². The Balaban J connectivity index is 1.94. The standard InChI is InChI=1S/C32H58N6O7/c1-32(2,3)27(39)25-45-24-23-44-22-21-33-29(40)20-19-26(31(42)43)34-30(41)18-16-14-12-10-8-6-4-5-7-9-11-13-15-17-28-35-37-38-36-28/h26H,4-25H2,1-3H3,(H,33,40)(H,34,41)(H,42,43)(H,35,36,37,38). The quantitative estimate of drug-likeness (QED) is 0.0921. The molecule has 13 heteroatoms. The zero-order valence-electron chi connectivity index (χ0n) is 27.9. The lowest BCUT2D eigenvalue weighted by Crippen LogP contribution is -2.41. The third-order valence-corrected chi connectivity index (χ3v) is 7.50. The summed E-state index contributed by atoms with van der Waals surface area (Å²) in [4.78, 5) is 47.7. The number of ketones is 1. The fourth-order valence-corrected chi connectivity index (χ4v) is 4.55. The minimum atomic E-state index is -1.15. The van der Waals surface area contributed by atoms with Gasteiger partial charge in [0, 0.05) is 31.2 Å². The molecule has 0 aromatic carbocycles. The highest BCUT2D eigenvalue weighted by atomic mass is 16.5. The smallest absolute Gasteiger partial charge is 0.326 e. The molecule has 0 aliphatic rings. The number of hydrogen-bond acceptors (Lipinski definition) is 9. The van der Waals surface area contributed by atoms with Crippen molar-refractivity contribution in [2.75, 3.05) is 33.0 Å². The molecule has 0 radical (unpaired) electrons. The number of carboxylic acid groups (broad SMARTS) is 1. The SMILES string of the molecule is CC(C)(C)C(=O)COCCOCCNC(=O)CCC(NC(=O)CCCCCCCCCCCCCCCc1nn[nH]n1)C(=O)O. The van der Waals surface area contributed by atoms with Crippen molar-refractivity contribution in [2.45, 2.75) is 136 Å². The number of aromatic nitrogens is 4. The van der Waals surface area contributed by atoms with E-state index in [2.05, 4.69) is 31.3 Å². The van der Waals surface area contributed by atoms with Gasteiger partial charge in [-0.15, -0.1) is 10.2 Å². The number of H-pyrrole nitrogens is 1. The number of rotatable bonds is 29. The predicted octanol–water partition coefficient (Wildman–Crippen LogP) is 4.32. The van der Waals surface area contributed by atoms with Crippen molar-refractivity contribution in [1.29, 1.82) is 0 Å². The van der Waals surface area contributed by atoms with Gasteiger partial charge in [-0.2, -0.15) is 5.21 Å². The molecule has 0 saturated heterocycles. The van der Waals surface area contributed by atoms with Crippen LogP contribution in [-0.2, 0) is 35.1 Å². The molecule has 1 aromatic heterocycles. The molecule has 1 atom stereocenters. The number of aryl methyl sites for hydroxylation is 1. The van der Waals surface area contributed by atoms with Crippen LogP contribution < -0.4 is 10.6 Å². The Kier molecular flexibility index (Phi) is 22.5. The molecule has 1 heterocycles. The van der Waals surface area contributed by atoms with Crippen molar-refractivity contribution in [1.82, 2.24) is 31.3 Å². The van der Waals surface area contributed by atoms with Crippen molar-refractivity contribution >= 4 is 23.6 Å². The van der Waals surface area contributed by atoms with Gasteiger partial charge < -0.3 is 25.2 Å². The van der Waals surface area contributed by atoms with E-state index in [4.69, 9.17) is 9.47 Å². The number of nitrogens with one attached hydrogen (secondary N) is 3. The Hall–Kier alpha value is -2.93. The average molecular weight is 639 g/mol. The molecular weight excluding hydrogens is 580 g/mol. The molecule has 2 amide bonds. The number of unbranched alkanes of at least 4 members (excludes halogenated alkanes) is 12. The summed E-state index contributed by atoms with van der Waals surface area (Å²) in [5.41, 5.74) is -0.437. The Labute approximate surface area is 268 Å².